The van der Waals surface area contributed by atoms with Crippen LogP contribution in [-0.2, 0) is 4.74 Å². The minimum Gasteiger partial charge on any atom is -0.399 e. The number of halogens is 1. The van der Waals surface area contributed by atoms with Gasteiger partial charge in [-0.05, 0) is 32.0 Å². The molecule has 0 fully saturated rings. The van der Waals surface area contributed by atoms with Gasteiger partial charge < -0.3 is 15.8 Å². The summed E-state index contributed by atoms with van der Waals surface area (Å²) in [4.78, 5) is 11.8. The van der Waals surface area contributed by atoms with Gasteiger partial charge in [0.1, 0.15) is 0 Å². The van der Waals surface area contributed by atoms with Gasteiger partial charge in [0.05, 0.1) is 6.10 Å². The van der Waals surface area contributed by atoms with E-state index in [9.17, 15) is 4.79 Å². The zero-order chi connectivity index (χ0) is 12.8. The third kappa shape index (κ3) is 4.63. The molecule has 4 nitrogen and oxygen atoms in total. The van der Waals surface area contributed by atoms with Crippen molar-refractivity contribution in [3.05, 3.63) is 28.8 Å². The van der Waals surface area contributed by atoms with Crippen LogP contribution in [0.25, 0.3) is 0 Å². The molecule has 1 unspecified atom stereocenters. The molecule has 1 amide bonds. The molecule has 0 spiro atoms. The number of amides is 1. The lowest BCUT2D eigenvalue weighted by Crippen LogP contribution is -2.32. The molecule has 0 aliphatic rings. The van der Waals surface area contributed by atoms with Crippen LogP contribution >= 0.6 is 11.6 Å². The highest BCUT2D eigenvalue weighted by Gasteiger charge is 2.09. The van der Waals surface area contributed by atoms with Crippen LogP contribution in [0.4, 0.5) is 5.69 Å². The van der Waals surface area contributed by atoms with Gasteiger partial charge in [-0.2, -0.15) is 0 Å². The molecule has 0 saturated carbocycles. The molecule has 0 heterocycles. The standard InChI is InChI=1S/C12H17ClN2O2/c1-3-17-8(2)7-15-12(16)9-4-10(13)6-11(14)5-9/h4-6,8H,3,7,14H2,1-2H3,(H,15,16). The third-order valence-corrected chi connectivity index (χ3v) is 2.40. The molecule has 0 bridgehead atoms. The number of nitrogens with two attached hydrogens (primary N) is 1. The van der Waals surface area contributed by atoms with Crippen LogP contribution in [0.2, 0.25) is 5.02 Å². The summed E-state index contributed by atoms with van der Waals surface area (Å²) < 4.78 is 5.31. The summed E-state index contributed by atoms with van der Waals surface area (Å²) in [6.07, 6.45) is -0.0134. The number of carbonyl (C=O) groups excluding carboxylic acids is 1. The van der Waals surface area contributed by atoms with Crippen LogP contribution in [0.15, 0.2) is 18.2 Å². The zero-order valence-electron chi connectivity index (χ0n) is 10.00. The molecule has 3 N–H and O–H groups in total. The van der Waals surface area contributed by atoms with E-state index in [0.717, 1.165) is 0 Å². The Balaban J connectivity index is 2.58. The molecule has 1 aromatic carbocycles. The van der Waals surface area contributed by atoms with Gasteiger partial charge in [0.2, 0.25) is 0 Å². The Morgan fingerprint density at radius 2 is 2.24 bits per heavy atom. The second-order valence-electron chi connectivity index (χ2n) is 3.75. The van der Waals surface area contributed by atoms with Crippen LogP contribution < -0.4 is 11.1 Å². The quantitative estimate of drug-likeness (QED) is 0.793. The first-order valence-corrected chi connectivity index (χ1v) is 5.86. The summed E-state index contributed by atoms with van der Waals surface area (Å²) in [5, 5.41) is 3.21. The fourth-order valence-corrected chi connectivity index (χ4v) is 1.67. The molecular formula is C12H17ClN2O2. The van der Waals surface area contributed by atoms with E-state index in [1.54, 1.807) is 18.2 Å². The molecular weight excluding hydrogens is 240 g/mol. The number of nitrogen functional groups attached to an aromatic ring is 1. The number of anilines is 1. The van der Waals surface area contributed by atoms with E-state index in [-0.39, 0.29) is 12.0 Å². The molecule has 1 atom stereocenters. The van der Waals surface area contributed by atoms with E-state index >= 15 is 0 Å². The Morgan fingerprint density at radius 3 is 2.82 bits per heavy atom. The Bertz CT molecular complexity index is 376. The summed E-state index contributed by atoms with van der Waals surface area (Å²) in [6, 6.07) is 4.77. The Hall–Kier alpha value is -1.26. The Kier molecular flexibility index (Phi) is 5.25. The van der Waals surface area contributed by atoms with Crippen LogP contribution in [0.3, 0.4) is 0 Å². The highest BCUT2D eigenvalue weighted by atomic mass is 35.5. The van der Waals surface area contributed by atoms with E-state index in [2.05, 4.69) is 5.32 Å². The molecule has 0 radical (unpaired) electrons. The zero-order valence-corrected chi connectivity index (χ0v) is 10.8. The third-order valence-electron chi connectivity index (χ3n) is 2.18. The Morgan fingerprint density at radius 1 is 1.53 bits per heavy atom. The first-order valence-electron chi connectivity index (χ1n) is 5.48. The van der Waals surface area contributed by atoms with Gasteiger partial charge in [0.15, 0.2) is 0 Å². The number of ether oxygens (including phenoxy) is 1. The van der Waals surface area contributed by atoms with Crippen molar-refractivity contribution >= 4 is 23.2 Å². The van der Waals surface area contributed by atoms with Gasteiger partial charge in [-0.1, -0.05) is 11.6 Å². The van der Waals surface area contributed by atoms with Crippen molar-refractivity contribution in [1.29, 1.82) is 0 Å². The van der Waals surface area contributed by atoms with Gasteiger partial charge in [-0.3, -0.25) is 4.79 Å². The summed E-state index contributed by atoms with van der Waals surface area (Å²) in [7, 11) is 0. The first-order chi connectivity index (χ1) is 8.02. The largest absolute Gasteiger partial charge is 0.399 e. The van der Waals surface area contributed by atoms with E-state index in [1.165, 1.54) is 0 Å². The molecule has 94 valence electrons. The van der Waals surface area contributed by atoms with Gasteiger partial charge in [-0.25, -0.2) is 0 Å². The lowest BCUT2D eigenvalue weighted by atomic mass is 10.2. The number of carbonyl (C=O) groups is 1. The monoisotopic (exact) mass is 256 g/mol. The van der Waals surface area contributed by atoms with Crippen molar-refractivity contribution in [1.82, 2.24) is 5.32 Å². The van der Waals surface area contributed by atoms with Crippen LogP contribution in [-0.4, -0.2) is 25.2 Å². The SMILES string of the molecule is CCOC(C)CNC(=O)c1cc(N)cc(Cl)c1. The number of rotatable bonds is 5. The molecule has 5 heteroatoms. The Labute approximate surface area is 106 Å². The van der Waals surface area contributed by atoms with E-state index in [4.69, 9.17) is 22.1 Å². The summed E-state index contributed by atoms with van der Waals surface area (Å²) in [5.74, 6) is -0.203. The van der Waals surface area contributed by atoms with Gasteiger partial charge in [0.25, 0.3) is 5.91 Å². The second-order valence-corrected chi connectivity index (χ2v) is 4.19. The molecule has 1 rings (SSSR count). The summed E-state index contributed by atoms with van der Waals surface area (Å²) >= 11 is 5.82. The van der Waals surface area contributed by atoms with Crippen molar-refractivity contribution in [2.45, 2.75) is 20.0 Å². The topological polar surface area (TPSA) is 64.3 Å². The van der Waals surface area contributed by atoms with Gasteiger partial charge in [0, 0.05) is 29.4 Å². The van der Waals surface area contributed by atoms with Crippen molar-refractivity contribution in [3.8, 4) is 0 Å². The predicted molar refractivity (Wildman–Crippen MR) is 69.3 cm³/mol. The van der Waals surface area contributed by atoms with Crippen LogP contribution in [0.5, 0.6) is 0 Å². The predicted octanol–water partition coefficient (Wildman–Crippen LogP) is 2.08. The number of hydrogen-bond acceptors (Lipinski definition) is 3. The number of hydrogen-bond donors (Lipinski definition) is 2. The number of nitrogens with one attached hydrogen (secondary N) is 1. The summed E-state index contributed by atoms with van der Waals surface area (Å²) in [6.45, 7) is 4.90. The molecule has 0 saturated heterocycles. The molecule has 0 aliphatic heterocycles. The fourth-order valence-electron chi connectivity index (χ4n) is 1.43. The maximum Gasteiger partial charge on any atom is 0.251 e. The number of benzene rings is 1. The minimum atomic E-state index is -0.203. The lowest BCUT2D eigenvalue weighted by Gasteiger charge is -2.12. The average Bonchev–Trinajstić information content (AvgIpc) is 2.25. The van der Waals surface area contributed by atoms with E-state index in [1.807, 2.05) is 13.8 Å². The minimum absolute atomic E-state index is 0.0134. The van der Waals surface area contributed by atoms with Crippen LogP contribution in [0.1, 0.15) is 24.2 Å². The molecule has 17 heavy (non-hydrogen) atoms. The van der Waals surface area contributed by atoms with E-state index in [0.29, 0.717) is 29.4 Å². The van der Waals surface area contributed by atoms with Crippen molar-refractivity contribution in [2.24, 2.45) is 0 Å². The van der Waals surface area contributed by atoms with Gasteiger partial charge in [-0.15, -0.1) is 0 Å². The summed E-state index contributed by atoms with van der Waals surface area (Å²) in [5.41, 5.74) is 6.54. The highest BCUT2D eigenvalue weighted by Crippen LogP contribution is 2.16. The van der Waals surface area contributed by atoms with Gasteiger partial charge >= 0.3 is 0 Å². The smallest absolute Gasteiger partial charge is 0.251 e. The maximum atomic E-state index is 11.8. The molecule has 0 aromatic heterocycles. The second kappa shape index (κ2) is 6.47. The van der Waals surface area contributed by atoms with Crippen molar-refractivity contribution in [3.63, 3.8) is 0 Å². The van der Waals surface area contributed by atoms with E-state index < -0.39 is 0 Å². The van der Waals surface area contributed by atoms with Crippen molar-refractivity contribution < 1.29 is 9.53 Å². The maximum absolute atomic E-state index is 11.8. The lowest BCUT2D eigenvalue weighted by molar-refractivity contribution is 0.0695. The molecule has 0 aliphatic carbocycles. The normalized spacial score (nSPS) is 12.2. The van der Waals surface area contributed by atoms with Crippen LogP contribution in [0, 0.1) is 0 Å². The average molecular weight is 257 g/mol. The first kappa shape index (κ1) is 13.8. The molecule has 1 aromatic rings. The highest BCUT2D eigenvalue weighted by molar-refractivity contribution is 6.31. The van der Waals surface area contributed by atoms with Crippen molar-refractivity contribution in [2.75, 3.05) is 18.9 Å². The fraction of sp³-hybridized carbons (Fsp3) is 0.417.